The number of H-pyrrole nitrogens is 1. The Balaban J connectivity index is 0.881. The van der Waals surface area contributed by atoms with Crippen molar-refractivity contribution in [2.75, 3.05) is 80.9 Å². The molecule has 0 radical (unpaired) electrons. The molecule has 0 unspecified atom stereocenters. The number of aromatic amines is 1. The number of fused-ring (bicyclic) bond motifs is 3. The number of nitro benzene ring substituents is 1. The van der Waals surface area contributed by atoms with E-state index in [0.29, 0.717) is 62.7 Å². The highest BCUT2D eigenvalue weighted by atomic mass is 32.2. The van der Waals surface area contributed by atoms with Crippen molar-refractivity contribution in [3.63, 3.8) is 0 Å². The fourth-order valence-electron chi connectivity index (χ4n) is 12.0. The molecule has 1 aliphatic carbocycles. The Morgan fingerprint density at radius 1 is 0.944 bits per heavy atom. The van der Waals surface area contributed by atoms with Crippen molar-refractivity contribution in [3.05, 3.63) is 106 Å². The molecule has 5 fully saturated rings. The van der Waals surface area contributed by atoms with E-state index in [1.54, 1.807) is 12.1 Å². The number of hydrogen-bond donors (Lipinski definition) is 3. The predicted octanol–water partition coefficient (Wildman–Crippen LogP) is 8.20. The van der Waals surface area contributed by atoms with Crippen molar-refractivity contribution < 1.29 is 41.5 Å². The van der Waals surface area contributed by atoms with Gasteiger partial charge in [-0.3, -0.25) is 19.8 Å². The molecule has 71 heavy (non-hydrogen) atoms. The molecule has 0 bridgehead atoms. The molecule has 11 rings (SSSR count). The molecule has 19 heteroatoms. The van der Waals surface area contributed by atoms with Crippen LogP contribution in [0.2, 0.25) is 0 Å². The van der Waals surface area contributed by atoms with Gasteiger partial charge in [0.15, 0.2) is 0 Å². The quantitative estimate of drug-likeness (QED) is 0.0800. The zero-order chi connectivity index (χ0) is 49.0. The number of anilines is 4. The minimum Gasteiger partial charge on any atom is -0.468 e. The topological polar surface area (TPSA) is 194 Å². The van der Waals surface area contributed by atoms with Crippen LogP contribution < -0.4 is 24.6 Å². The summed E-state index contributed by atoms with van der Waals surface area (Å²) < 4.78 is 69.6. The summed E-state index contributed by atoms with van der Waals surface area (Å²) in [7, 11) is -4.65. The summed E-state index contributed by atoms with van der Waals surface area (Å²) in [6, 6.07) is 19.7. The van der Waals surface area contributed by atoms with Crippen LogP contribution in [0.15, 0.2) is 77.8 Å². The second-order valence-electron chi connectivity index (χ2n) is 20.5. The molecule has 3 N–H and O–H groups in total. The Hall–Kier alpha value is -5.86. The maximum Gasteiger partial charge on any atom is 0.293 e. The van der Waals surface area contributed by atoms with Gasteiger partial charge in [0.2, 0.25) is 5.88 Å². The lowest BCUT2D eigenvalue weighted by Crippen LogP contribution is -2.58. The molecule has 4 saturated heterocycles. The summed E-state index contributed by atoms with van der Waals surface area (Å²) in [5.41, 5.74) is 4.68. The third-order valence-corrected chi connectivity index (χ3v) is 17.3. The van der Waals surface area contributed by atoms with Crippen LogP contribution in [0.1, 0.15) is 92.2 Å². The highest BCUT2D eigenvalue weighted by Crippen LogP contribution is 2.54. The fourth-order valence-corrected chi connectivity index (χ4v) is 13.0. The Morgan fingerprint density at radius 2 is 1.72 bits per heavy atom. The Bertz CT molecular complexity index is 2930. The van der Waals surface area contributed by atoms with Crippen LogP contribution >= 0.6 is 0 Å². The van der Waals surface area contributed by atoms with Crippen LogP contribution in [0.5, 0.6) is 5.88 Å². The Kier molecular flexibility index (Phi) is 12.9. The van der Waals surface area contributed by atoms with E-state index in [2.05, 4.69) is 67.9 Å². The van der Waals surface area contributed by atoms with Crippen molar-refractivity contribution in [1.29, 1.82) is 0 Å². The summed E-state index contributed by atoms with van der Waals surface area (Å²) in [4.78, 5) is 40.4. The smallest absolute Gasteiger partial charge is 0.293 e. The number of benzene rings is 3. The average Bonchev–Trinajstić information content (AvgIpc) is 3.74. The van der Waals surface area contributed by atoms with Crippen LogP contribution in [0.4, 0.5) is 32.8 Å². The standard InChI is InChI=1S/C52H61FN8O9S/c1-32(2)37-5-3-4-6-38(37)47-30-69-22-18-59(47)35-26-52(27-35)14-16-58(17-15-52)34-7-9-39(44(23-34)60-43-13-21-68-31-48(43)70-51-46(60)25-40-41(53)29-55-49(40)56-51)50(62)57-71(65,66)36-8-10-42(45(24-36)61(63)64)54-28-33-11-19-67-20-12-33/h3-10,23-25,29,32-33,35,43,47-48,54H,11-22,26-28,30-31H2,1-2H3,(H,55,56)(H,57,62)/t43-,47-,48-/m0/s1. The first-order valence-corrected chi connectivity index (χ1v) is 26.5. The molecule has 5 aliphatic heterocycles. The van der Waals surface area contributed by atoms with Crippen LogP contribution in [-0.4, -0.2) is 118 Å². The maximum atomic E-state index is 15.3. The van der Waals surface area contributed by atoms with E-state index < -0.39 is 49.4 Å². The van der Waals surface area contributed by atoms with Gasteiger partial charge in [0.1, 0.15) is 28.9 Å². The van der Waals surface area contributed by atoms with Gasteiger partial charge >= 0.3 is 0 Å². The predicted molar refractivity (Wildman–Crippen MR) is 266 cm³/mol. The van der Waals surface area contributed by atoms with Gasteiger partial charge in [0.25, 0.3) is 21.6 Å². The first-order chi connectivity index (χ1) is 34.3. The molecule has 1 saturated carbocycles. The lowest BCUT2D eigenvalue weighted by Gasteiger charge is -2.57. The molecule has 5 aromatic rings. The summed E-state index contributed by atoms with van der Waals surface area (Å²) in [6.45, 7) is 10.7. The summed E-state index contributed by atoms with van der Waals surface area (Å²) in [6.07, 6.45) is 7.02. The minimum atomic E-state index is -4.65. The summed E-state index contributed by atoms with van der Waals surface area (Å²) in [5.74, 6) is -0.571. The molecular formula is C52H61FN8O9S. The minimum absolute atomic E-state index is 0.0312. The number of aromatic nitrogens is 2. The van der Waals surface area contributed by atoms with Gasteiger partial charge < -0.3 is 39.0 Å². The number of ether oxygens (including phenoxy) is 4. The number of sulfonamides is 1. The molecule has 2 aromatic heterocycles. The highest BCUT2D eigenvalue weighted by Gasteiger charge is 2.50. The molecule has 3 aromatic carbocycles. The second kappa shape index (κ2) is 19.3. The number of amides is 1. The number of nitrogens with zero attached hydrogens (tertiary/aromatic N) is 5. The number of nitro groups is 1. The van der Waals surface area contributed by atoms with Crippen molar-refractivity contribution in [1.82, 2.24) is 19.6 Å². The zero-order valence-corrected chi connectivity index (χ0v) is 40.9. The number of hydrogen-bond acceptors (Lipinski definition) is 14. The lowest BCUT2D eigenvalue weighted by atomic mass is 9.59. The van der Waals surface area contributed by atoms with E-state index in [1.807, 2.05) is 17.0 Å². The number of piperidine rings is 1. The van der Waals surface area contributed by atoms with Crippen LogP contribution in [0.3, 0.4) is 0 Å². The van der Waals surface area contributed by atoms with Crippen molar-refractivity contribution in [2.45, 2.75) is 93.8 Å². The normalized spacial score (nSPS) is 23.0. The number of halogens is 1. The summed E-state index contributed by atoms with van der Waals surface area (Å²) >= 11 is 0. The van der Waals surface area contributed by atoms with Gasteiger partial charge in [0, 0.05) is 70.0 Å². The van der Waals surface area contributed by atoms with E-state index in [-0.39, 0.29) is 52.1 Å². The molecule has 376 valence electrons. The van der Waals surface area contributed by atoms with Gasteiger partial charge in [-0.2, -0.15) is 4.98 Å². The molecule has 3 atom stereocenters. The van der Waals surface area contributed by atoms with Crippen LogP contribution in [0, 0.1) is 27.3 Å². The van der Waals surface area contributed by atoms with E-state index in [0.717, 1.165) is 76.5 Å². The van der Waals surface area contributed by atoms with Crippen molar-refractivity contribution in [2.24, 2.45) is 11.3 Å². The van der Waals surface area contributed by atoms with Gasteiger partial charge in [-0.1, -0.05) is 38.1 Å². The van der Waals surface area contributed by atoms with Crippen LogP contribution in [0.25, 0.3) is 11.0 Å². The van der Waals surface area contributed by atoms with Gasteiger partial charge in [-0.25, -0.2) is 17.5 Å². The molecule has 6 aliphatic rings. The fraction of sp³-hybridized carbons (Fsp3) is 0.500. The van der Waals surface area contributed by atoms with E-state index in [4.69, 9.17) is 18.9 Å². The first-order valence-electron chi connectivity index (χ1n) is 25.0. The summed E-state index contributed by atoms with van der Waals surface area (Å²) in [5, 5.41) is 15.7. The highest BCUT2D eigenvalue weighted by molar-refractivity contribution is 7.90. The third kappa shape index (κ3) is 9.19. The molecule has 1 amide bonds. The van der Waals surface area contributed by atoms with E-state index in [1.165, 1.54) is 29.5 Å². The molecule has 1 spiro atoms. The van der Waals surface area contributed by atoms with Crippen molar-refractivity contribution in [3.8, 4) is 5.88 Å². The Labute approximate surface area is 412 Å². The monoisotopic (exact) mass is 992 g/mol. The van der Waals surface area contributed by atoms with Gasteiger partial charge in [-0.05, 0) is 110 Å². The van der Waals surface area contributed by atoms with Gasteiger partial charge in [-0.15, -0.1) is 0 Å². The lowest BCUT2D eigenvalue weighted by molar-refractivity contribution is -0.384. The molecule has 17 nitrogen and oxygen atoms in total. The number of morpholine rings is 1. The molecule has 7 heterocycles. The molecular weight excluding hydrogens is 932 g/mol. The van der Waals surface area contributed by atoms with E-state index in [9.17, 15) is 23.3 Å². The number of nitrogens with one attached hydrogen (secondary N) is 3. The number of carbonyl (C=O) groups is 1. The number of carbonyl (C=O) groups excluding carboxylic acids is 1. The second-order valence-corrected chi connectivity index (χ2v) is 22.2. The SMILES string of the molecule is CC(C)c1ccccc1[C@@H]1COCCN1C1CC2(CCN(c3ccc(C(=O)NS(=O)(=O)c4ccc(NCC5CCOCC5)c([N+](=O)[O-])c4)c(N4c5cc6c(F)c[nH]c6nc5O[C@H]5COCC[C@@H]54)c3)CC2)C1. The zero-order valence-electron chi connectivity index (χ0n) is 40.1. The maximum absolute atomic E-state index is 15.3. The van der Waals surface area contributed by atoms with E-state index >= 15 is 4.39 Å². The average molecular weight is 993 g/mol. The number of pyridine rings is 1. The number of rotatable bonds is 12. The van der Waals surface area contributed by atoms with Crippen molar-refractivity contribution >= 4 is 55.4 Å². The van der Waals surface area contributed by atoms with Crippen LogP contribution in [-0.2, 0) is 24.2 Å². The third-order valence-electron chi connectivity index (χ3n) is 15.9. The van der Waals surface area contributed by atoms with Gasteiger partial charge in [0.05, 0.1) is 58.4 Å². The first kappa shape index (κ1) is 47.5. The largest absolute Gasteiger partial charge is 0.468 e. The Morgan fingerprint density at radius 3 is 2.51 bits per heavy atom.